The van der Waals surface area contributed by atoms with Gasteiger partial charge in [0.2, 0.25) is 0 Å². The van der Waals surface area contributed by atoms with Crippen LogP contribution in [-0.2, 0) is 4.79 Å². The van der Waals surface area contributed by atoms with Crippen LogP contribution in [0.1, 0.15) is 43.7 Å². The summed E-state index contributed by atoms with van der Waals surface area (Å²) >= 11 is 0. The number of nitrogens with zero attached hydrogens (tertiary/aromatic N) is 1. The van der Waals surface area contributed by atoms with Gasteiger partial charge in [-0.05, 0) is 39.1 Å². The fourth-order valence-corrected chi connectivity index (χ4v) is 2.40. The SMILES string of the molecule is CCCCC[C@H](CN(C)C)C(=O)/C=C\c1ccc(C)cc1. The van der Waals surface area contributed by atoms with Crippen molar-refractivity contribution in [3.63, 3.8) is 0 Å². The summed E-state index contributed by atoms with van der Waals surface area (Å²) in [6, 6.07) is 8.25. The molecule has 2 nitrogen and oxygen atoms in total. The Morgan fingerprint density at radius 1 is 1.19 bits per heavy atom. The lowest BCUT2D eigenvalue weighted by molar-refractivity contribution is -0.118. The molecule has 0 fully saturated rings. The Hall–Kier alpha value is -1.41. The van der Waals surface area contributed by atoms with Crippen LogP contribution in [0, 0.1) is 12.8 Å². The van der Waals surface area contributed by atoms with Crippen LogP contribution < -0.4 is 0 Å². The minimum atomic E-state index is 0.119. The van der Waals surface area contributed by atoms with Crippen LogP contribution in [0.25, 0.3) is 6.08 Å². The van der Waals surface area contributed by atoms with E-state index >= 15 is 0 Å². The molecule has 1 rings (SSSR count). The summed E-state index contributed by atoms with van der Waals surface area (Å²) in [6.07, 6.45) is 8.22. The van der Waals surface area contributed by atoms with Crippen molar-refractivity contribution in [3.8, 4) is 0 Å². The Balaban J connectivity index is 2.63. The first-order valence-corrected chi connectivity index (χ1v) is 7.96. The standard InChI is InChI=1S/C19H29NO/c1-5-6-7-8-18(15-20(3)4)19(21)14-13-17-11-9-16(2)10-12-17/h9-14,18H,5-8,15H2,1-4H3/b14-13-/t18-/m1/s1. The van der Waals surface area contributed by atoms with Gasteiger partial charge in [0.1, 0.15) is 0 Å². The average molecular weight is 287 g/mol. The Bertz CT molecular complexity index is 445. The van der Waals surface area contributed by atoms with Crippen molar-refractivity contribution in [2.75, 3.05) is 20.6 Å². The second kappa shape index (κ2) is 9.51. The first-order valence-electron chi connectivity index (χ1n) is 7.96. The van der Waals surface area contributed by atoms with E-state index in [9.17, 15) is 4.79 Å². The molecule has 0 amide bonds. The molecule has 1 aromatic carbocycles. The highest BCUT2D eigenvalue weighted by Crippen LogP contribution is 2.14. The number of rotatable bonds is 9. The molecular weight excluding hydrogens is 258 g/mol. The van der Waals surface area contributed by atoms with Gasteiger partial charge in [0, 0.05) is 12.5 Å². The van der Waals surface area contributed by atoms with E-state index in [-0.39, 0.29) is 11.7 Å². The molecule has 0 aliphatic carbocycles. The van der Waals surface area contributed by atoms with Crippen molar-refractivity contribution in [1.29, 1.82) is 0 Å². The number of aryl methyl sites for hydroxylation is 1. The molecule has 0 unspecified atom stereocenters. The predicted molar refractivity (Wildman–Crippen MR) is 91.4 cm³/mol. The maximum Gasteiger partial charge on any atom is 0.160 e. The Morgan fingerprint density at radius 3 is 2.43 bits per heavy atom. The smallest absolute Gasteiger partial charge is 0.160 e. The zero-order valence-electron chi connectivity index (χ0n) is 13.9. The number of hydrogen-bond acceptors (Lipinski definition) is 2. The molecule has 1 atom stereocenters. The Kier molecular flexibility index (Phi) is 7.99. The van der Waals surface area contributed by atoms with Crippen molar-refractivity contribution in [1.82, 2.24) is 4.90 Å². The van der Waals surface area contributed by atoms with E-state index in [4.69, 9.17) is 0 Å². The molecule has 1 aromatic rings. The summed E-state index contributed by atoms with van der Waals surface area (Å²) in [7, 11) is 4.06. The minimum absolute atomic E-state index is 0.119. The molecule has 0 aliphatic heterocycles. The predicted octanol–water partition coefficient (Wildman–Crippen LogP) is 4.34. The van der Waals surface area contributed by atoms with E-state index in [1.54, 1.807) is 6.08 Å². The van der Waals surface area contributed by atoms with Crippen LogP contribution in [0.3, 0.4) is 0 Å². The summed E-state index contributed by atoms with van der Waals surface area (Å²) in [5, 5.41) is 0. The van der Waals surface area contributed by atoms with Crippen LogP contribution in [0.2, 0.25) is 0 Å². The van der Waals surface area contributed by atoms with Crippen molar-refractivity contribution in [2.24, 2.45) is 5.92 Å². The summed E-state index contributed by atoms with van der Waals surface area (Å²) in [4.78, 5) is 14.5. The largest absolute Gasteiger partial charge is 0.309 e. The fourth-order valence-electron chi connectivity index (χ4n) is 2.40. The van der Waals surface area contributed by atoms with Gasteiger partial charge in [0.15, 0.2) is 5.78 Å². The van der Waals surface area contributed by atoms with Crippen molar-refractivity contribution < 1.29 is 4.79 Å². The molecular formula is C19H29NO. The Morgan fingerprint density at radius 2 is 1.86 bits per heavy atom. The third kappa shape index (κ3) is 7.24. The van der Waals surface area contributed by atoms with E-state index in [0.29, 0.717) is 0 Å². The first-order chi connectivity index (χ1) is 10.0. The number of carbonyl (C=O) groups is 1. The topological polar surface area (TPSA) is 20.3 Å². The van der Waals surface area contributed by atoms with Gasteiger partial charge < -0.3 is 4.90 Å². The fraction of sp³-hybridized carbons (Fsp3) is 0.526. The minimum Gasteiger partial charge on any atom is -0.309 e. The van der Waals surface area contributed by atoms with Crippen LogP contribution in [-0.4, -0.2) is 31.3 Å². The van der Waals surface area contributed by atoms with E-state index in [1.807, 2.05) is 20.2 Å². The number of carbonyl (C=O) groups excluding carboxylic acids is 1. The van der Waals surface area contributed by atoms with Crippen molar-refractivity contribution in [3.05, 3.63) is 41.5 Å². The molecule has 0 N–H and O–H groups in total. The molecule has 116 valence electrons. The highest BCUT2D eigenvalue weighted by molar-refractivity contribution is 5.95. The maximum atomic E-state index is 12.4. The second-order valence-electron chi connectivity index (χ2n) is 6.10. The summed E-state index contributed by atoms with van der Waals surface area (Å²) in [6.45, 7) is 5.10. The van der Waals surface area contributed by atoms with E-state index in [2.05, 4.69) is 43.0 Å². The third-order valence-electron chi connectivity index (χ3n) is 3.66. The summed E-state index contributed by atoms with van der Waals surface area (Å²) < 4.78 is 0. The van der Waals surface area contributed by atoms with Gasteiger partial charge in [0.05, 0.1) is 0 Å². The number of benzene rings is 1. The zero-order chi connectivity index (χ0) is 15.7. The average Bonchev–Trinajstić information content (AvgIpc) is 2.45. The van der Waals surface area contributed by atoms with Crippen molar-refractivity contribution >= 4 is 11.9 Å². The van der Waals surface area contributed by atoms with Crippen LogP contribution in [0.4, 0.5) is 0 Å². The van der Waals surface area contributed by atoms with Gasteiger partial charge in [-0.2, -0.15) is 0 Å². The van der Waals surface area contributed by atoms with Gasteiger partial charge in [-0.3, -0.25) is 4.79 Å². The molecule has 0 saturated carbocycles. The van der Waals surface area contributed by atoms with Gasteiger partial charge in [-0.15, -0.1) is 0 Å². The summed E-state index contributed by atoms with van der Waals surface area (Å²) in [5.41, 5.74) is 2.33. The highest BCUT2D eigenvalue weighted by atomic mass is 16.1. The van der Waals surface area contributed by atoms with Gasteiger partial charge in [0.25, 0.3) is 0 Å². The molecule has 0 aliphatic rings. The molecule has 0 heterocycles. The lowest BCUT2D eigenvalue weighted by Gasteiger charge is -2.18. The third-order valence-corrected chi connectivity index (χ3v) is 3.66. The Labute approximate surface area is 129 Å². The number of allylic oxidation sites excluding steroid dienone is 1. The molecule has 0 aromatic heterocycles. The number of ketones is 1. The van der Waals surface area contributed by atoms with E-state index in [0.717, 1.165) is 24.9 Å². The lowest BCUT2D eigenvalue weighted by atomic mass is 9.95. The quantitative estimate of drug-likeness (QED) is 0.497. The molecule has 0 spiro atoms. The first kappa shape index (κ1) is 17.6. The van der Waals surface area contributed by atoms with Crippen LogP contribution >= 0.6 is 0 Å². The number of unbranched alkanes of at least 4 members (excludes halogenated alkanes) is 2. The monoisotopic (exact) mass is 287 g/mol. The van der Waals surface area contributed by atoms with Gasteiger partial charge in [-0.1, -0.05) is 62.1 Å². The number of hydrogen-bond donors (Lipinski definition) is 0. The van der Waals surface area contributed by atoms with E-state index < -0.39 is 0 Å². The normalized spacial score (nSPS) is 13.0. The molecule has 0 radical (unpaired) electrons. The molecule has 2 heteroatoms. The van der Waals surface area contributed by atoms with Crippen LogP contribution in [0.5, 0.6) is 0 Å². The maximum absolute atomic E-state index is 12.4. The second-order valence-corrected chi connectivity index (χ2v) is 6.10. The van der Waals surface area contributed by atoms with Gasteiger partial charge >= 0.3 is 0 Å². The lowest BCUT2D eigenvalue weighted by Crippen LogP contribution is -2.27. The zero-order valence-corrected chi connectivity index (χ0v) is 13.9. The molecule has 0 saturated heterocycles. The molecule has 21 heavy (non-hydrogen) atoms. The van der Waals surface area contributed by atoms with Crippen molar-refractivity contribution in [2.45, 2.75) is 39.5 Å². The molecule has 0 bridgehead atoms. The summed E-state index contributed by atoms with van der Waals surface area (Å²) in [5.74, 6) is 0.369. The van der Waals surface area contributed by atoms with Crippen LogP contribution in [0.15, 0.2) is 30.3 Å². The van der Waals surface area contributed by atoms with E-state index in [1.165, 1.54) is 18.4 Å². The highest BCUT2D eigenvalue weighted by Gasteiger charge is 2.16. The van der Waals surface area contributed by atoms with Gasteiger partial charge in [-0.25, -0.2) is 0 Å².